The highest BCUT2D eigenvalue weighted by Crippen LogP contribution is 2.21. The second-order valence-corrected chi connectivity index (χ2v) is 5.07. The monoisotopic (exact) mass is 199 g/mol. The number of aliphatic hydroxyl groups excluding tert-OH is 1. The number of nitrogens with one attached hydrogen (secondary N) is 1. The molecule has 84 valence electrons. The van der Waals surface area contributed by atoms with Crippen LogP contribution in [0.25, 0.3) is 0 Å². The van der Waals surface area contributed by atoms with Crippen LogP contribution < -0.4 is 5.32 Å². The second kappa shape index (κ2) is 6.41. The van der Waals surface area contributed by atoms with Crippen LogP contribution in [0.4, 0.5) is 0 Å². The standard InChI is InChI=1S/C12H25NO/c1-10(2)8-12(14)9-11-4-3-6-13-7-5-11/h10-14H,3-9H2,1-2H3. The van der Waals surface area contributed by atoms with E-state index in [4.69, 9.17) is 0 Å². The summed E-state index contributed by atoms with van der Waals surface area (Å²) in [5.41, 5.74) is 0. The van der Waals surface area contributed by atoms with E-state index >= 15 is 0 Å². The Hall–Kier alpha value is -0.0800. The summed E-state index contributed by atoms with van der Waals surface area (Å²) in [6, 6.07) is 0. The maximum atomic E-state index is 9.84. The first-order valence-corrected chi connectivity index (χ1v) is 6.07. The van der Waals surface area contributed by atoms with E-state index in [1.807, 2.05) is 0 Å². The summed E-state index contributed by atoms with van der Waals surface area (Å²) in [5.74, 6) is 1.37. The molecule has 0 radical (unpaired) electrons. The van der Waals surface area contributed by atoms with Gasteiger partial charge in [-0.05, 0) is 57.0 Å². The van der Waals surface area contributed by atoms with E-state index in [2.05, 4.69) is 19.2 Å². The fourth-order valence-corrected chi connectivity index (χ4v) is 2.35. The summed E-state index contributed by atoms with van der Waals surface area (Å²) in [7, 11) is 0. The molecule has 0 amide bonds. The Morgan fingerprint density at radius 1 is 1.29 bits per heavy atom. The Morgan fingerprint density at radius 3 is 2.79 bits per heavy atom. The molecule has 0 aliphatic carbocycles. The van der Waals surface area contributed by atoms with Crippen molar-refractivity contribution in [2.75, 3.05) is 13.1 Å². The predicted molar refractivity (Wildman–Crippen MR) is 60.3 cm³/mol. The Balaban J connectivity index is 2.20. The highest BCUT2D eigenvalue weighted by molar-refractivity contribution is 4.71. The molecular formula is C12H25NO. The number of hydrogen-bond acceptors (Lipinski definition) is 2. The van der Waals surface area contributed by atoms with Gasteiger partial charge in [-0.15, -0.1) is 0 Å². The second-order valence-electron chi connectivity index (χ2n) is 5.07. The van der Waals surface area contributed by atoms with E-state index in [9.17, 15) is 5.11 Å². The molecule has 0 aromatic heterocycles. The quantitative estimate of drug-likeness (QED) is 0.727. The van der Waals surface area contributed by atoms with Crippen molar-refractivity contribution in [1.29, 1.82) is 0 Å². The van der Waals surface area contributed by atoms with Crippen molar-refractivity contribution in [2.24, 2.45) is 11.8 Å². The van der Waals surface area contributed by atoms with Gasteiger partial charge in [0, 0.05) is 0 Å². The Morgan fingerprint density at radius 2 is 2.07 bits per heavy atom. The van der Waals surface area contributed by atoms with Gasteiger partial charge in [0.1, 0.15) is 0 Å². The van der Waals surface area contributed by atoms with Crippen LogP contribution >= 0.6 is 0 Å². The first kappa shape index (κ1) is 12.0. The molecule has 1 heterocycles. The highest BCUT2D eigenvalue weighted by Gasteiger charge is 2.16. The van der Waals surface area contributed by atoms with Gasteiger partial charge in [-0.3, -0.25) is 0 Å². The molecule has 1 aliphatic heterocycles. The van der Waals surface area contributed by atoms with Gasteiger partial charge in [0.2, 0.25) is 0 Å². The third-order valence-corrected chi connectivity index (χ3v) is 3.04. The topological polar surface area (TPSA) is 32.3 Å². The summed E-state index contributed by atoms with van der Waals surface area (Å²) < 4.78 is 0. The smallest absolute Gasteiger partial charge is 0.0545 e. The van der Waals surface area contributed by atoms with E-state index in [0.29, 0.717) is 5.92 Å². The van der Waals surface area contributed by atoms with Crippen LogP contribution in [0.2, 0.25) is 0 Å². The van der Waals surface area contributed by atoms with Crippen molar-refractivity contribution in [3.63, 3.8) is 0 Å². The number of rotatable bonds is 4. The zero-order valence-corrected chi connectivity index (χ0v) is 9.63. The van der Waals surface area contributed by atoms with Crippen molar-refractivity contribution in [3.8, 4) is 0 Å². The molecule has 0 spiro atoms. The summed E-state index contributed by atoms with van der Waals surface area (Å²) >= 11 is 0. The van der Waals surface area contributed by atoms with Crippen LogP contribution in [-0.2, 0) is 0 Å². The van der Waals surface area contributed by atoms with Gasteiger partial charge in [-0.1, -0.05) is 13.8 Å². The molecule has 0 saturated carbocycles. The van der Waals surface area contributed by atoms with Crippen LogP contribution in [0, 0.1) is 11.8 Å². The van der Waals surface area contributed by atoms with E-state index in [1.54, 1.807) is 0 Å². The molecule has 14 heavy (non-hydrogen) atoms. The van der Waals surface area contributed by atoms with E-state index < -0.39 is 0 Å². The molecule has 1 saturated heterocycles. The lowest BCUT2D eigenvalue weighted by Crippen LogP contribution is -2.17. The molecule has 0 bridgehead atoms. The zero-order valence-electron chi connectivity index (χ0n) is 9.63. The minimum atomic E-state index is -0.0712. The summed E-state index contributed by atoms with van der Waals surface area (Å²) in [5, 5.41) is 13.3. The molecule has 2 N–H and O–H groups in total. The van der Waals surface area contributed by atoms with Crippen LogP contribution in [0.15, 0.2) is 0 Å². The minimum Gasteiger partial charge on any atom is -0.393 e. The Labute approximate surface area is 88.1 Å². The first-order valence-electron chi connectivity index (χ1n) is 6.07. The maximum Gasteiger partial charge on any atom is 0.0545 e. The molecule has 0 aromatic carbocycles. The van der Waals surface area contributed by atoms with Gasteiger partial charge < -0.3 is 10.4 Å². The third kappa shape index (κ3) is 4.97. The number of aliphatic hydroxyl groups is 1. The lowest BCUT2D eigenvalue weighted by Gasteiger charge is -2.19. The fraction of sp³-hybridized carbons (Fsp3) is 1.00. The zero-order chi connectivity index (χ0) is 10.4. The molecule has 0 aromatic rings. The average molecular weight is 199 g/mol. The van der Waals surface area contributed by atoms with Crippen molar-refractivity contribution in [3.05, 3.63) is 0 Å². The van der Waals surface area contributed by atoms with Gasteiger partial charge in [0.25, 0.3) is 0 Å². The van der Waals surface area contributed by atoms with Gasteiger partial charge in [0.15, 0.2) is 0 Å². The van der Waals surface area contributed by atoms with Gasteiger partial charge in [-0.2, -0.15) is 0 Å². The molecule has 1 rings (SSSR count). The van der Waals surface area contributed by atoms with Gasteiger partial charge >= 0.3 is 0 Å². The van der Waals surface area contributed by atoms with Crippen molar-refractivity contribution in [2.45, 2.75) is 52.1 Å². The Bertz CT molecular complexity index is 139. The lowest BCUT2D eigenvalue weighted by molar-refractivity contribution is 0.116. The summed E-state index contributed by atoms with van der Waals surface area (Å²) in [6.45, 7) is 6.66. The molecule has 2 atom stereocenters. The number of hydrogen-bond donors (Lipinski definition) is 2. The SMILES string of the molecule is CC(C)CC(O)CC1CCCNCC1. The normalized spacial score (nSPS) is 26.1. The predicted octanol–water partition coefficient (Wildman–Crippen LogP) is 2.17. The molecular weight excluding hydrogens is 174 g/mol. The van der Waals surface area contributed by atoms with Crippen molar-refractivity contribution >= 4 is 0 Å². The van der Waals surface area contributed by atoms with Gasteiger partial charge in [0.05, 0.1) is 6.10 Å². The van der Waals surface area contributed by atoms with Crippen LogP contribution in [-0.4, -0.2) is 24.3 Å². The molecule has 1 aliphatic rings. The molecule has 2 unspecified atom stereocenters. The van der Waals surface area contributed by atoms with E-state index in [1.165, 1.54) is 19.3 Å². The highest BCUT2D eigenvalue weighted by atomic mass is 16.3. The lowest BCUT2D eigenvalue weighted by atomic mass is 9.91. The third-order valence-electron chi connectivity index (χ3n) is 3.04. The molecule has 2 heteroatoms. The van der Waals surface area contributed by atoms with Crippen LogP contribution in [0.3, 0.4) is 0 Å². The Kier molecular flexibility index (Phi) is 5.49. The average Bonchev–Trinajstić information content (AvgIpc) is 2.31. The summed E-state index contributed by atoms with van der Waals surface area (Å²) in [6.07, 6.45) is 5.72. The van der Waals surface area contributed by atoms with Crippen LogP contribution in [0.5, 0.6) is 0 Å². The fourth-order valence-electron chi connectivity index (χ4n) is 2.35. The van der Waals surface area contributed by atoms with E-state index in [-0.39, 0.29) is 6.10 Å². The molecule has 1 fully saturated rings. The minimum absolute atomic E-state index is 0.0712. The maximum absolute atomic E-state index is 9.84. The van der Waals surface area contributed by atoms with E-state index in [0.717, 1.165) is 31.8 Å². The van der Waals surface area contributed by atoms with Crippen molar-refractivity contribution < 1.29 is 5.11 Å². The molecule has 2 nitrogen and oxygen atoms in total. The van der Waals surface area contributed by atoms with Crippen molar-refractivity contribution in [1.82, 2.24) is 5.32 Å². The summed E-state index contributed by atoms with van der Waals surface area (Å²) in [4.78, 5) is 0. The van der Waals surface area contributed by atoms with Gasteiger partial charge in [-0.25, -0.2) is 0 Å². The van der Waals surface area contributed by atoms with Crippen LogP contribution in [0.1, 0.15) is 46.0 Å². The first-order chi connectivity index (χ1) is 6.68. The largest absolute Gasteiger partial charge is 0.393 e.